The van der Waals surface area contributed by atoms with E-state index in [0.29, 0.717) is 22.3 Å². The van der Waals surface area contributed by atoms with Gasteiger partial charge in [0.2, 0.25) is 5.91 Å². The number of hydrogen-bond acceptors (Lipinski definition) is 3. The number of para-hydroxylation sites is 1. The summed E-state index contributed by atoms with van der Waals surface area (Å²) in [7, 11) is 0. The molecule has 1 aromatic rings. The van der Waals surface area contributed by atoms with E-state index in [1.807, 2.05) is 13.8 Å². The second-order valence-corrected chi connectivity index (χ2v) is 5.44. The summed E-state index contributed by atoms with van der Waals surface area (Å²) in [6.45, 7) is 5.43. The third-order valence-electron chi connectivity index (χ3n) is 2.30. The fourth-order valence-corrected chi connectivity index (χ4v) is 2.10. The SMILES string of the molecule is CC(C)NC(=O)C(C)Nc1ccccc1SC(F)F. The molecule has 0 saturated carbocycles. The van der Waals surface area contributed by atoms with Gasteiger partial charge in [0.25, 0.3) is 5.76 Å². The fraction of sp³-hybridized carbons (Fsp3) is 0.462. The maximum Gasteiger partial charge on any atom is 0.288 e. The Morgan fingerprint density at radius 3 is 2.42 bits per heavy atom. The molecule has 0 bridgehead atoms. The van der Waals surface area contributed by atoms with E-state index < -0.39 is 11.8 Å². The normalized spacial score (nSPS) is 12.6. The van der Waals surface area contributed by atoms with Gasteiger partial charge in [-0.15, -0.1) is 0 Å². The number of amides is 1. The van der Waals surface area contributed by atoms with Crippen molar-refractivity contribution < 1.29 is 13.6 Å². The monoisotopic (exact) mass is 288 g/mol. The Balaban J connectivity index is 2.73. The molecule has 0 aliphatic heterocycles. The summed E-state index contributed by atoms with van der Waals surface area (Å²) in [6.07, 6.45) is 0. The fourth-order valence-electron chi connectivity index (χ4n) is 1.49. The van der Waals surface area contributed by atoms with Crippen molar-refractivity contribution in [1.82, 2.24) is 5.32 Å². The average Bonchev–Trinajstić information content (AvgIpc) is 2.30. The first kappa shape index (κ1) is 15.8. The van der Waals surface area contributed by atoms with Gasteiger partial charge in [0.1, 0.15) is 6.04 Å². The van der Waals surface area contributed by atoms with Gasteiger partial charge in [-0.3, -0.25) is 4.79 Å². The van der Waals surface area contributed by atoms with Gasteiger partial charge in [0.15, 0.2) is 0 Å². The lowest BCUT2D eigenvalue weighted by Gasteiger charge is -2.18. The van der Waals surface area contributed by atoms with Crippen LogP contribution in [0.5, 0.6) is 0 Å². The van der Waals surface area contributed by atoms with Crippen molar-refractivity contribution in [2.75, 3.05) is 5.32 Å². The highest BCUT2D eigenvalue weighted by atomic mass is 32.2. The first-order valence-corrected chi connectivity index (χ1v) is 6.89. The molecular formula is C13H18F2N2OS. The van der Waals surface area contributed by atoms with E-state index in [1.165, 1.54) is 0 Å². The molecule has 1 rings (SSSR count). The number of carbonyl (C=O) groups is 1. The van der Waals surface area contributed by atoms with Gasteiger partial charge in [-0.25, -0.2) is 0 Å². The molecule has 1 atom stereocenters. The lowest BCUT2D eigenvalue weighted by atomic mass is 10.2. The van der Waals surface area contributed by atoms with E-state index in [2.05, 4.69) is 10.6 Å². The molecule has 1 aromatic carbocycles. The van der Waals surface area contributed by atoms with Crippen molar-refractivity contribution in [2.45, 2.75) is 43.5 Å². The molecule has 19 heavy (non-hydrogen) atoms. The van der Waals surface area contributed by atoms with Gasteiger partial charge in [-0.2, -0.15) is 8.78 Å². The first-order chi connectivity index (χ1) is 8.90. The predicted octanol–water partition coefficient (Wildman–Crippen LogP) is 3.33. The van der Waals surface area contributed by atoms with Crippen LogP contribution in [0.3, 0.4) is 0 Å². The van der Waals surface area contributed by atoms with Crippen LogP contribution in [-0.2, 0) is 4.79 Å². The summed E-state index contributed by atoms with van der Waals surface area (Å²) >= 11 is 0.465. The maximum absolute atomic E-state index is 12.4. The van der Waals surface area contributed by atoms with Crippen molar-refractivity contribution in [1.29, 1.82) is 0 Å². The number of carbonyl (C=O) groups excluding carboxylic acids is 1. The number of rotatable bonds is 6. The summed E-state index contributed by atoms with van der Waals surface area (Å²) in [4.78, 5) is 12.2. The van der Waals surface area contributed by atoms with Crippen LogP contribution >= 0.6 is 11.8 Å². The minimum absolute atomic E-state index is 0.0439. The summed E-state index contributed by atoms with van der Waals surface area (Å²) in [5, 5.41) is 5.72. The molecule has 0 aliphatic rings. The quantitative estimate of drug-likeness (QED) is 0.789. The Kier molecular flexibility index (Phi) is 6.08. The van der Waals surface area contributed by atoms with E-state index in [9.17, 15) is 13.6 Å². The standard InChI is InChI=1S/C13H18F2N2OS/c1-8(2)16-12(18)9(3)17-10-6-4-5-7-11(10)19-13(14)15/h4-9,13,17H,1-3H3,(H,16,18). The Morgan fingerprint density at radius 2 is 1.84 bits per heavy atom. The predicted molar refractivity (Wildman–Crippen MR) is 74.7 cm³/mol. The second-order valence-electron chi connectivity index (χ2n) is 4.40. The van der Waals surface area contributed by atoms with Crippen LogP contribution in [0, 0.1) is 0 Å². The van der Waals surface area contributed by atoms with Crippen molar-refractivity contribution in [3.63, 3.8) is 0 Å². The zero-order chi connectivity index (χ0) is 14.4. The van der Waals surface area contributed by atoms with E-state index in [-0.39, 0.29) is 11.9 Å². The molecule has 1 amide bonds. The number of benzene rings is 1. The lowest BCUT2D eigenvalue weighted by Crippen LogP contribution is -2.41. The summed E-state index contributed by atoms with van der Waals surface area (Å²) in [5.41, 5.74) is 0.541. The number of alkyl halides is 2. The molecular weight excluding hydrogens is 270 g/mol. The van der Waals surface area contributed by atoms with Gasteiger partial charge >= 0.3 is 0 Å². The van der Waals surface area contributed by atoms with Crippen molar-refractivity contribution in [2.24, 2.45) is 0 Å². The van der Waals surface area contributed by atoms with Crippen LogP contribution in [0.15, 0.2) is 29.2 Å². The molecule has 0 radical (unpaired) electrons. The number of thioether (sulfide) groups is 1. The molecule has 2 N–H and O–H groups in total. The Labute approximate surface area is 116 Å². The van der Waals surface area contributed by atoms with Crippen molar-refractivity contribution >= 4 is 23.4 Å². The van der Waals surface area contributed by atoms with Gasteiger partial charge in [0.05, 0.1) is 0 Å². The van der Waals surface area contributed by atoms with E-state index in [0.717, 1.165) is 0 Å². The number of anilines is 1. The molecule has 0 fully saturated rings. The van der Waals surface area contributed by atoms with Crippen LogP contribution in [0.4, 0.5) is 14.5 Å². The summed E-state index contributed by atoms with van der Waals surface area (Å²) in [5.74, 6) is -2.64. The minimum Gasteiger partial charge on any atom is -0.373 e. The van der Waals surface area contributed by atoms with Crippen molar-refractivity contribution in [3.05, 3.63) is 24.3 Å². The Morgan fingerprint density at radius 1 is 1.21 bits per heavy atom. The smallest absolute Gasteiger partial charge is 0.288 e. The van der Waals surface area contributed by atoms with Crippen molar-refractivity contribution in [3.8, 4) is 0 Å². The highest BCUT2D eigenvalue weighted by molar-refractivity contribution is 7.99. The van der Waals surface area contributed by atoms with Gasteiger partial charge in [-0.1, -0.05) is 23.9 Å². The minimum atomic E-state index is -2.48. The molecule has 3 nitrogen and oxygen atoms in total. The highest BCUT2D eigenvalue weighted by Crippen LogP contribution is 2.31. The largest absolute Gasteiger partial charge is 0.373 e. The molecule has 0 spiro atoms. The first-order valence-electron chi connectivity index (χ1n) is 6.01. The van der Waals surface area contributed by atoms with Gasteiger partial charge in [0, 0.05) is 16.6 Å². The number of halogens is 2. The zero-order valence-electron chi connectivity index (χ0n) is 11.1. The van der Waals surface area contributed by atoms with E-state index >= 15 is 0 Å². The molecule has 6 heteroatoms. The average molecular weight is 288 g/mol. The molecule has 0 aliphatic carbocycles. The molecule has 0 saturated heterocycles. The summed E-state index contributed by atoms with van der Waals surface area (Å²) < 4.78 is 24.8. The van der Waals surface area contributed by atoms with E-state index in [1.54, 1.807) is 31.2 Å². The van der Waals surface area contributed by atoms with Crippen LogP contribution in [0.25, 0.3) is 0 Å². The Hall–Kier alpha value is -1.30. The van der Waals surface area contributed by atoms with Crippen LogP contribution < -0.4 is 10.6 Å². The highest BCUT2D eigenvalue weighted by Gasteiger charge is 2.16. The molecule has 1 unspecified atom stereocenters. The second kappa shape index (κ2) is 7.33. The molecule has 106 valence electrons. The van der Waals surface area contributed by atoms with Crippen LogP contribution in [0.2, 0.25) is 0 Å². The van der Waals surface area contributed by atoms with E-state index in [4.69, 9.17) is 0 Å². The van der Waals surface area contributed by atoms with Crippen LogP contribution in [0.1, 0.15) is 20.8 Å². The number of nitrogens with one attached hydrogen (secondary N) is 2. The van der Waals surface area contributed by atoms with Crippen LogP contribution in [-0.4, -0.2) is 23.7 Å². The number of hydrogen-bond donors (Lipinski definition) is 2. The zero-order valence-corrected chi connectivity index (χ0v) is 11.9. The third-order valence-corrected chi connectivity index (χ3v) is 3.09. The summed E-state index contributed by atoms with van der Waals surface area (Å²) in [6, 6.07) is 6.28. The Bertz CT molecular complexity index is 427. The maximum atomic E-state index is 12.4. The molecule has 0 aromatic heterocycles. The van der Waals surface area contributed by atoms with Gasteiger partial charge < -0.3 is 10.6 Å². The topological polar surface area (TPSA) is 41.1 Å². The third kappa shape index (κ3) is 5.46. The van der Waals surface area contributed by atoms with Gasteiger partial charge in [-0.05, 0) is 32.9 Å². The molecule has 0 heterocycles. The lowest BCUT2D eigenvalue weighted by molar-refractivity contribution is -0.122.